The van der Waals surface area contributed by atoms with Gasteiger partial charge in [0.15, 0.2) is 0 Å². The first-order chi connectivity index (χ1) is 20.4. The summed E-state index contributed by atoms with van der Waals surface area (Å²) in [4.78, 5) is 13.0. The third kappa shape index (κ3) is 6.92. The number of amides is 1. The summed E-state index contributed by atoms with van der Waals surface area (Å²) in [5, 5.41) is 15.9. The standard InChI is InChI=1S/C35H26Cl2N2O3/c1-23-10-11-24-6-2-4-8-31(24)32(23)22-42-34-9-5-3-7-25(34)18-27(20-38)35(40)39-29-14-16-30(17-15-29)41-21-26-12-13-28(36)19-33(26)37/h2-19H,21-22H2,1H3,(H,39,40)/b27-18+. The summed E-state index contributed by atoms with van der Waals surface area (Å²) in [6, 6.07) is 33.8. The SMILES string of the molecule is Cc1ccc2ccccc2c1COc1ccccc1/C=C(\C#N)C(=O)Nc1ccc(OCc2ccc(Cl)cc2Cl)cc1. The lowest BCUT2D eigenvalue weighted by molar-refractivity contribution is -0.112. The molecule has 0 bridgehead atoms. The molecule has 0 fully saturated rings. The van der Waals surface area contributed by atoms with Crippen LogP contribution >= 0.6 is 23.2 Å². The number of rotatable bonds is 9. The number of carbonyl (C=O) groups is 1. The molecule has 0 unspecified atom stereocenters. The number of nitriles is 1. The number of hydrogen-bond donors (Lipinski definition) is 1. The normalized spacial score (nSPS) is 11.1. The molecule has 0 aliphatic heterocycles. The summed E-state index contributed by atoms with van der Waals surface area (Å²) < 4.78 is 12.0. The van der Waals surface area contributed by atoms with E-state index in [-0.39, 0.29) is 12.2 Å². The average Bonchev–Trinajstić information content (AvgIpc) is 3.00. The van der Waals surface area contributed by atoms with Crippen LogP contribution in [-0.4, -0.2) is 5.91 Å². The molecule has 0 aromatic heterocycles. The highest BCUT2D eigenvalue weighted by Crippen LogP contribution is 2.27. The maximum absolute atomic E-state index is 13.0. The van der Waals surface area contributed by atoms with Crippen LogP contribution in [0.25, 0.3) is 16.8 Å². The largest absolute Gasteiger partial charge is 0.489 e. The van der Waals surface area contributed by atoms with Gasteiger partial charge in [-0.15, -0.1) is 0 Å². The zero-order chi connectivity index (χ0) is 29.5. The van der Waals surface area contributed by atoms with Gasteiger partial charge in [0.1, 0.15) is 36.4 Å². The quantitative estimate of drug-likeness (QED) is 0.137. The Hall–Kier alpha value is -4.76. The highest BCUT2D eigenvalue weighted by atomic mass is 35.5. The van der Waals surface area contributed by atoms with Gasteiger partial charge >= 0.3 is 0 Å². The van der Waals surface area contributed by atoms with Crippen LogP contribution in [0.2, 0.25) is 10.0 Å². The number of nitrogens with one attached hydrogen (secondary N) is 1. The van der Waals surface area contributed by atoms with Crippen molar-refractivity contribution in [2.45, 2.75) is 20.1 Å². The van der Waals surface area contributed by atoms with Gasteiger partial charge in [0.05, 0.1) is 0 Å². The number of nitrogens with zero attached hydrogens (tertiary/aromatic N) is 1. The molecular formula is C35H26Cl2N2O3. The molecule has 5 aromatic carbocycles. The van der Waals surface area contributed by atoms with E-state index in [0.717, 1.165) is 27.5 Å². The number of hydrogen-bond acceptors (Lipinski definition) is 4. The van der Waals surface area contributed by atoms with Gasteiger partial charge in [0.25, 0.3) is 5.91 Å². The second kappa shape index (κ2) is 13.3. The second-order valence-electron chi connectivity index (χ2n) is 9.58. The number of fused-ring (bicyclic) bond motifs is 1. The third-order valence-electron chi connectivity index (χ3n) is 6.75. The minimum atomic E-state index is -0.529. The molecule has 0 atom stereocenters. The Bertz CT molecular complexity index is 1830. The van der Waals surface area contributed by atoms with Crippen molar-refractivity contribution in [2.75, 3.05) is 5.32 Å². The Morgan fingerprint density at radius 2 is 1.64 bits per heavy atom. The van der Waals surface area contributed by atoms with Crippen molar-refractivity contribution in [2.24, 2.45) is 0 Å². The van der Waals surface area contributed by atoms with E-state index in [1.165, 1.54) is 6.08 Å². The van der Waals surface area contributed by atoms with Crippen LogP contribution in [0, 0.1) is 18.3 Å². The van der Waals surface area contributed by atoms with Crippen LogP contribution < -0.4 is 14.8 Å². The first kappa shape index (κ1) is 28.8. The molecule has 7 heteroatoms. The van der Waals surface area contributed by atoms with Crippen molar-refractivity contribution >= 4 is 51.6 Å². The van der Waals surface area contributed by atoms with Gasteiger partial charge in [-0.2, -0.15) is 5.26 Å². The average molecular weight is 594 g/mol. The highest BCUT2D eigenvalue weighted by Gasteiger charge is 2.13. The van der Waals surface area contributed by atoms with Crippen LogP contribution in [-0.2, 0) is 18.0 Å². The molecule has 0 spiro atoms. The zero-order valence-corrected chi connectivity index (χ0v) is 24.2. The number of halogens is 2. The van der Waals surface area contributed by atoms with Gasteiger partial charge < -0.3 is 14.8 Å². The second-order valence-corrected chi connectivity index (χ2v) is 10.4. The van der Waals surface area contributed by atoms with Gasteiger partial charge in [-0.25, -0.2) is 0 Å². The molecular weight excluding hydrogens is 567 g/mol. The highest BCUT2D eigenvalue weighted by molar-refractivity contribution is 6.35. The predicted molar refractivity (Wildman–Crippen MR) is 169 cm³/mol. The Morgan fingerprint density at radius 1 is 0.881 bits per heavy atom. The van der Waals surface area contributed by atoms with E-state index < -0.39 is 5.91 Å². The van der Waals surface area contributed by atoms with Crippen LogP contribution in [0.4, 0.5) is 5.69 Å². The zero-order valence-electron chi connectivity index (χ0n) is 22.7. The van der Waals surface area contributed by atoms with Crippen molar-refractivity contribution in [3.05, 3.63) is 141 Å². The van der Waals surface area contributed by atoms with E-state index in [1.54, 1.807) is 36.4 Å². The Kier molecular flexibility index (Phi) is 9.08. The van der Waals surface area contributed by atoms with Gasteiger partial charge in [0, 0.05) is 32.4 Å². The first-order valence-electron chi connectivity index (χ1n) is 13.2. The maximum Gasteiger partial charge on any atom is 0.266 e. The monoisotopic (exact) mass is 592 g/mol. The number of para-hydroxylation sites is 1. The minimum absolute atomic E-state index is 0.0508. The summed E-state index contributed by atoms with van der Waals surface area (Å²) in [7, 11) is 0. The molecule has 5 rings (SSSR count). The van der Waals surface area contributed by atoms with Crippen molar-refractivity contribution in [1.29, 1.82) is 5.26 Å². The molecule has 1 amide bonds. The Balaban J connectivity index is 1.26. The Morgan fingerprint density at radius 3 is 2.43 bits per heavy atom. The van der Waals surface area contributed by atoms with E-state index >= 15 is 0 Å². The van der Waals surface area contributed by atoms with Crippen molar-refractivity contribution < 1.29 is 14.3 Å². The molecule has 208 valence electrons. The lowest BCUT2D eigenvalue weighted by Gasteiger charge is -2.14. The molecule has 0 radical (unpaired) electrons. The molecule has 1 N–H and O–H groups in total. The molecule has 0 aliphatic rings. The lowest BCUT2D eigenvalue weighted by Crippen LogP contribution is -2.13. The number of benzene rings is 5. The smallest absolute Gasteiger partial charge is 0.266 e. The van der Waals surface area contributed by atoms with E-state index in [4.69, 9.17) is 32.7 Å². The van der Waals surface area contributed by atoms with E-state index in [2.05, 4.69) is 36.5 Å². The van der Waals surface area contributed by atoms with Gasteiger partial charge in [-0.3, -0.25) is 4.79 Å². The summed E-state index contributed by atoms with van der Waals surface area (Å²) in [6.45, 7) is 2.68. The molecule has 0 heterocycles. The van der Waals surface area contributed by atoms with Crippen molar-refractivity contribution in [1.82, 2.24) is 0 Å². The summed E-state index contributed by atoms with van der Waals surface area (Å²) in [5.41, 5.74) is 4.13. The van der Waals surface area contributed by atoms with E-state index in [1.807, 2.05) is 48.5 Å². The molecule has 5 nitrogen and oxygen atoms in total. The lowest BCUT2D eigenvalue weighted by atomic mass is 10.0. The van der Waals surface area contributed by atoms with Gasteiger partial charge in [-0.05, 0) is 71.8 Å². The fraction of sp³-hybridized carbons (Fsp3) is 0.0857. The predicted octanol–water partition coefficient (Wildman–Crippen LogP) is 9.16. The Labute approximate surface area is 254 Å². The number of ether oxygens (including phenoxy) is 2. The van der Waals surface area contributed by atoms with Gasteiger partial charge in [-0.1, -0.05) is 83.9 Å². The van der Waals surface area contributed by atoms with Crippen LogP contribution in [0.15, 0.2) is 109 Å². The van der Waals surface area contributed by atoms with Crippen LogP contribution in [0.1, 0.15) is 22.3 Å². The molecule has 5 aromatic rings. The summed E-state index contributed by atoms with van der Waals surface area (Å²) in [5.74, 6) is 0.647. The number of carbonyl (C=O) groups excluding carboxylic acids is 1. The number of aryl methyl sites for hydroxylation is 1. The minimum Gasteiger partial charge on any atom is -0.489 e. The molecule has 0 saturated heterocycles. The maximum atomic E-state index is 13.0. The molecule has 0 saturated carbocycles. The van der Waals surface area contributed by atoms with Crippen molar-refractivity contribution in [3.8, 4) is 17.6 Å². The number of anilines is 1. The molecule has 0 aliphatic carbocycles. The van der Waals surface area contributed by atoms with E-state index in [0.29, 0.717) is 39.4 Å². The summed E-state index contributed by atoms with van der Waals surface area (Å²) >= 11 is 12.2. The van der Waals surface area contributed by atoms with Crippen LogP contribution in [0.3, 0.4) is 0 Å². The molecule has 42 heavy (non-hydrogen) atoms. The van der Waals surface area contributed by atoms with Crippen molar-refractivity contribution in [3.63, 3.8) is 0 Å². The van der Waals surface area contributed by atoms with Gasteiger partial charge in [0.2, 0.25) is 0 Å². The van der Waals surface area contributed by atoms with Crippen LogP contribution in [0.5, 0.6) is 11.5 Å². The first-order valence-corrected chi connectivity index (χ1v) is 14.0. The summed E-state index contributed by atoms with van der Waals surface area (Å²) in [6.07, 6.45) is 1.54. The topological polar surface area (TPSA) is 71.3 Å². The third-order valence-corrected chi connectivity index (χ3v) is 7.34. The fourth-order valence-electron chi connectivity index (χ4n) is 4.45. The van der Waals surface area contributed by atoms with E-state index in [9.17, 15) is 10.1 Å². The fourth-order valence-corrected chi connectivity index (χ4v) is 4.92.